The van der Waals surface area contributed by atoms with Crippen LogP contribution in [0.3, 0.4) is 0 Å². The first kappa shape index (κ1) is 22.5. The average Bonchev–Trinajstić information content (AvgIpc) is 3.21. The summed E-state index contributed by atoms with van der Waals surface area (Å²) in [6.45, 7) is 7.68. The van der Waals surface area contributed by atoms with Crippen LogP contribution >= 0.6 is 0 Å². The molecule has 2 fully saturated rings. The minimum atomic E-state index is -0.513. The summed E-state index contributed by atoms with van der Waals surface area (Å²) >= 11 is 0. The first-order valence-corrected chi connectivity index (χ1v) is 12.4. The minimum absolute atomic E-state index is 0.0498. The van der Waals surface area contributed by atoms with Crippen molar-refractivity contribution in [3.05, 3.63) is 53.6 Å². The molecule has 1 unspecified atom stereocenters. The molecule has 0 aromatic heterocycles. The number of hydrogen-bond donors (Lipinski definition) is 1. The summed E-state index contributed by atoms with van der Waals surface area (Å²) in [5.41, 5.74) is 1.90. The molecule has 1 aliphatic carbocycles. The molecule has 2 heterocycles. The topological polar surface area (TPSA) is 57.2 Å². The number of phenolic OH excluding ortho intramolecular Hbond substituents is 1. The van der Waals surface area contributed by atoms with E-state index in [1.807, 2.05) is 12.1 Å². The van der Waals surface area contributed by atoms with E-state index in [1.165, 1.54) is 5.56 Å². The highest BCUT2D eigenvalue weighted by Gasteiger charge is 2.53. The molecule has 3 atom stereocenters. The molecule has 1 spiro atoms. The third kappa shape index (κ3) is 4.58. The van der Waals surface area contributed by atoms with Gasteiger partial charge in [0.1, 0.15) is 22.8 Å². The van der Waals surface area contributed by atoms with Crippen LogP contribution in [0.5, 0.6) is 17.2 Å². The lowest BCUT2D eigenvalue weighted by atomic mass is 9.65. The van der Waals surface area contributed by atoms with Gasteiger partial charge in [0.25, 0.3) is 0 Å². The zero-order valence-electron chi connectivity index (χ0n) is 20.0. The van der Waals surface area contributed by atoms with Gasteiger partial charge >= 0.3 is 0 Å². The molecule has 178 valence electrons. The zero-order chi connectivity index (χ0) is 23.1. The smallest absolute Gasteiger partial charge is 0.169 e. The Morgan fingerprint density at radius 3 is 2.64 bits per heavy atom. The molecular weight excluding hydrogens is 416 g/mol. The van der Waals surface area contributed by atoms with Gasteiger partial charge in [0.05, 0.1) is 19.3 Å². The Labute approximate surface area is 197 Å². The van der Waals surface area contributed by atoms with E-state index in [9.17, 15) is 5.11 Å². The second-order valence-corrected chi connectivity index (χ2v) is 10.4. The second-order valence-electron chi connectivity index (χ2n) is 10.4. The molecule has 1 saturated heterocycles. The van der Waals surface area contributed by atoms with E-state index in [4.69, 9.17) is 18.9 Å². The molecule has 1 saturated carbocycles. The summed E-state index contributed by atoms with van der Waals surface area (Å²) in [5.74, 6) is 1.56. The number of benzene rings is 2. The van der Waals surface area contributed by atoms with E-state index in [0.29, 0.717) is 24.9 Å². The van der Waals surface area contributed by atoms with Crippen LogP contribution in [0.1, 0.15) is 69.9 Å². The van der Waals surface area contributed by atoms with Crippen molar-refractivity contribution >= 4 is 0 Å². The van der Waals surface area contributed by atoms with Gasteiger partial charge in [-0.05, 0) is 52.0 Å². The highest BCUT2D eigenvalue weighted by atomic mass is 16.7. The van der Waals surface area contributed by atoms with E-state index >= 15 is 0 Å². The first-order valence-electron chi connectivity index (χ1n) is 12.4. The normalized spacial score (nSPS) is 25.7. The third-order valence-electron chi connectivity index (χ3n) is 7.65. The van der Waals surface area contributed by atoms with Gasteiger partial charge in [-0.1, -0.05) is 30.3 Å². The molecular formula is C28H36O5. The van der Waals surface area contributed by atoms with Gasteiger partial charge in [0, 0.05) is 42.4 Å². The van der Waals surface area contributed by atoms with Crippen molar-refractivity contribution in [1.29, 1.82) is 0 Å². The predicted octanol–water partition coefficient (Wildman–Crippen LogP) is 5.98. The van der Waals surface area contributed by atoms with E-state index in [1.54, 1.807) is 6.07 Å². The Kier molecular flexibility index (Phi) is 6.04. The molecule has 3 aliphatic rings. The predicted molar refractivity (Wildman–Crippen MR) is 127 cm³/mol. The van der Waals surface area contributed by atoms with Crippen molar-refractivity contribution in [2.24, 2.45) is 5.92 Å². The fourth-order valence-electron chi connectivity index (χ4n) is 6.05. The van der Waals surface area contributed by atoms with Gasteiger partial charge in [-0.2, -0.15) is 0 Å². The minimum Gasteiger partial charge on any atom is -0.507 e. The van der Waals surface area contributed by atoms with Crippen molar-refractivity contribution in [1.82, 2.24) is 0 Å². The highest BCUT2D eigenvalue weighted by molar-refractivity contribution is 5.54. The number of aromatic hydroxyl groups is 1. The summed E-state index contributed by atoms with van der Waals surface area (Å²) < 4.78 is 24.7. The molecule has 2 aromatic rings. The van der Waals surface area contributed by atoms with Crippen LogP contribution in [0, 0.1) is 5.92 Å². The van der Waals surface area contributed by atoms with Crippen molar-refractivity contribution in [3.8, 4) is 17.2 Å². The number of phenols is 1. The van der Waals surface area contributed by atoms with Crippen molar-refractivity contribution in [2.45, 2.75) is 82.7 Å². The standard InChI is InChI=1S/C28H36O5/c1-19(8-7-11-20-9-5-4-6-10-20)32-21-16-24(29)26-22-18-28(30-14-15-31-28)13-12-23(22)27(2,3)33-25(26)17-21/h4-6,9-10,16-17,19,22-23,29H,7-8,11-15,18H2,1-3H3/t19?,22-,23-/m1/s1. The van der Waals surface area contributed by atoms with E-state index in [-0.39, 0.29) is 23.4 Å². The Bertz CT molecular complexity index is 964. The number of aryl methyl sites for hydroxylation is 1. The van der Waals surface area contributed by atoms with Gasteiger partial charge in [0.2, 0.25) is 0 Å². The van der Waals surface area contributed by atoms with Gasteiger partial charge in [-0.3, -0.25) is 0 Å². The van der Waals surface area contributed by atoms with Crippen LogP contribution in [0.2, 0.25) is 0 Å². The number of fused-ring (bicyclic) bond motifs is 3. The first-order chi connectivity index (χ1) is 15.9. The van der Waals surface area contributed by atoms with E-state index < -0.39 is 5.79 Å². The third-order valence-corrected chi connectivity index (χ3v) is 7.65. The van der Waals surface area contributed by atoms with Gasteiger partial charge < -0.3 is 24.1 Å². The molecule has 0 radical (unpaired) electrons. The largest absolute Gasteiger partial charge is 0.507 e. The summed E-state index contributed by atoms with van der Waals surface area (Å²) in [6, 6.07) is 14.2. The van der Waals surface area contributed by atoms with Crippen LogP contribution in [0.4, 0.5) is 0 Å². The molecule has 2 aromatic carbocycles. The van der Waals surface area contributed by atoms with Crippen molar-refractivity contribution in [2.75, 3.05) is 13.2 Å². The molecule has 0 amide bonds. The maximum atomic E-state index is 11.1. The van der Waals surface area contributed by atoms with Crippen LogP contribution in [0.25, 0.3) is 0 Å². The van der Waals surface area contributed by atoms with Crippen molar-refractivity contribution < 1.29 is 24.1 Å². The quantitative estimate of drug-likeness (QED) is 0.584. The van der Waals surface area contributed by atoms with E-state index in [0.717, 1.165) is 49.8 Å². The Hall–Kier alpha value is -2.24. The molecule has 1 N–H and O–H groups in total. The van der Waals surface area contributed by atoms with Gasteiger partial charge in [-0.25, -0.2) is 0 Å². The SMILES string of the molecule is CC(CCCc1ccccc1)Oc1cc(O)c2c(c1)OC(C)(C)[C@@H]1CCC3(C[C@@H]21)OCCO3. The number of ether oxygens (including phenoxy) is 4. The second kappa shape index (κ2) is 8.84. The maximum Gasteiger partial charge on any atom is 0.169 e. The van der Waals surface area contributed by atoms with Gasteiger partial charge in [-0.15, -0.1) is 0 Å². The molecule has 0 bridgehead atoms. The number of rotatable bonds is 6. The Morgan fingerprint density at radius 2 is 1.88 bits per heavy atom. The molecule has 5 rings (SSSR count). The molecule has 2 aliphatic heterocycles. The highest BCUT2D eigenvalue weighted by Crippen LogP contribution is 2.58. The Morgan fingerprint density at radius 1 is 1.12 bits per heavy atom. The summed E-state index contributed by atoms with van der Waals surface area (Å²) in [5, 5.41) is 11.1. The summed E-state index contributed by atoms with van der Waals surface area (Å²) in [7, 11) is 0. The lowest BCUT2D eigenvalue weighted by Crippen LogP contribution is -2.51. The fraction of sp³-hybridized carbons (Fsp3) is 0.571. The van der Waals surface area contributed by atoms with Crippen LogP contribution in [-0.4, -0.2) is 35.8 Å². The Balaban J connectivity index is 1.31. The maximum absolute atomic E-state index is 11.1. The lowest BCUT2D eigenvalue weighted by Gasteiger charge is -2.51. The van der Waals surface area contributed by atoms with Crippen molar-refractivity contribution in [3.63, 3.8) is 0 Å². The molecule has 33 heavy (non-hydrogen) atoms. The summed E-state index contributed by atoms with van der Waals surface area (Å²) in [4.78, 5) is 0. The van der Waals surface area contributed by atoms with Crippen LogP contribution in [0.15, 0.2) is 42.5 Å². The summed E-state index contributed by atoms with van der Waals surface area (Å²) in [6.07, 6.45) is 5.66. The van der Waals surface area contributed by atoms with Crippen LogP contribution < -0.4 is 9.47 Å². The molecule has 5 nitrogen and oxygen atoms in total. The molecule has 5 heteroatoms. The van der Waals surface area contributed by atoms with Crippen LogP contribution in [-0.2, 0) is 15.9 Å². The van der Waals surface area contributed by atoms with E-state index in [2.05, 4.69) is 45.0 Å². The number of hydrogen-bond acceptors (Lipinski definition) is 5. The lowest BCUT2D eigenvalue weighted by molar-refractivity contribution is -0.198. The zero-order valence-corrected chi connectivity index (χ0v) is 20.0. The average molecular weight is 453 g/mol. The monoisotopic (exact) mass is 452 g/mol. The fourth-order valence-corrected chi connectivity index (χ4v) is 6.05. The van der Waals surface area contributed by atoms with Gasteiger partial charge in [0.15, 0.2) is 5.79 Å².